The average Bonchev–Trinajstić information content (AvgIpc) is 2.67. The normalized spacial score (nSPS) is 11.0. The first-order valence-corrected chi connectivity index (χ1v) is 6.09. The second-order valence-corrected chi connectivity index (χ2v) is 4.23. The van der Waals surface area contributed by atoms with Crippen molar-refractivity contribution in [3.8, 4) is 5.75 Å². The average molecular weight is 232 g/mol. The maximum atomic E-state index is 5.41. The molecule has 0 radical (unpaired) electrons. The minimum atomic E-state index is 0.944. The molecule has 0 bridgehead atoms. The van der Waals surface area contributed by atoms with Crippen LogP contribution in [0.5, 0.6) is 5.75 Å². The van der Waals surface area contributed by atoms with Gasteiger partial charge in [-0.15, -0.1) is 0 Å². The number of likely N-dealkylation sites (N-methyl/N-ethyl adjacent to an activating group) is 1. The Balaban J connectivity index is 2.38. The summed E-state index contributed by atoms with van der Waals surface area (Å²) in [5.41, 5.74) is 2.56. The van der Waals surface area contributed by atoms with Crippen LogP contribution in [0.2, 0.25) is 0 Å². The lowest BCUT2D eigenvalue weighted by Crippen LogP contribution is -2.15. The van der Waals surface area contributed by atoms with Crippen LogP contribution in [0.25, 0.3) is 10.9 Å². The Labute approximate surface area is 102 Å². The minimum absolute atomic E-state index is 0.944. The van der Waals surface area contributed by atoms with Crippen molar-refractivity contribution in [3.05, 3.63) is 30.0 Å². The Morgan fingerprint density at radius 3 is 2.88 bits per heavy atom. The number of methoxy groups -OCH3 is 1. The molecule has 0 saturated heterocycles. The van der Waals surface area contributed by atoms with Gasteiger partial charge in [0.15, 0.2) is 0 Å². The Morgan fingerprint density at radius 2 is 2.18 bits per heavy atom. The molecule has 2 aromatic rings. The molecule has 1 N–H and O–H groups in total. The standard InChI is InChI=1S/C14H20N2O/c1-4-15-9-8-11-10-16(2)14-12(11)6-5-7-13(14)17-3/h5-7,10,15H,4,8-9H2,1-3H3. The van der Waals surface area contributed by atoms with Crippen LogP contribution in [0, 0.1) is 0 Å². The molecule has 0 aliphatic carbocycles. The maximum Gasteiger partial charge on any atom is 0.143 e. The molecule has 0 saturated carbocycles. The van der Waals surface area contributed by atoms with Gasteiger partial charge in [-0.2, -0.15) is 0 Å². The monoisotopic (exact) mass is 232 g/mol. The minimum Gasteiger partial charge on any atom is -0.495 e. The zero-order valence-electron chi connectivity index (χ0n) is 10.8. The molecular formula is C14H20N2O. The lowest BCUT2D eigenvalue weighted by atomic mass is 10.1. The summed E-state index contributed by atoms with van der Waals surface area (Å²) in [4.78, 5) is 0. The molecule has 1 aromatic carbocycles. The number of nitrogens with one attached hydrogen (secondary N) is 1. The Morgan fingerprint density at radius 1 is 1.35 bits per heavy atom. The van der Waals surface area contributed by atoms with E-state index in [0.717, 1.165) is 25.3 Å². The summed E-state index contributed by atoms with van der Waals surface area (Å²) in [5, 5.41) is 4.65. The zero-order chi connectivity index (χ0) is 12.3. The summed E-state index contributed by atoms with van der Waals surface area (Å²) in [6.45, 7) is 4.17. The molecule has 0 aliphatic rings. The summed E-state index contributed by atoms with van der Waals surface area (Å²) in [5.74, 6) is 0.944. The summed E-state index contributed by atoms with van der Waals surface area (Å²) >= 11 is 0. The van der Waals surface area contributed by atoms with Gasteiger partial charge in [0.2, 0.25) is 0 Å². The van der Waals surface area contributed by atoms with E-state index in [1.54, 1.807) is 7.11 Å². The highest BCUT2D eigenvalue weighted by atomic mass is 16.5. The lowest BCUT2D eigenvalue weighted by molar-refractivity contribution is 0.418. The van der Waals surface area contributed by atoms with E-state index in [1.807, 2.05) is 6.07 Å². The van der Waals surface area contributed by atoms with E-state index < -0.39 is 0 Å². The van der Waals surface area contributed by atoms with Crippen molar-refractivity contribution in [3.63, 3.8) is 0 Å². The van der Waals surface area contributed by atoms with Gasteiger partial charge < -0.3 is 14.6 Å². The molecule has 1 heterocycles. The topological polar surface area (TPSA) is 26.2 Å². The first-order valence-electron chi connectivity index (χ1n) is 6.09. The summed E-state index contributed by atoms with van der Waals surface area (Å²) < 4.78 is 7.56. The van der Waals surface area contributed by atoms with Crippen LogP contribution in [0.1, 0.15) is 12.5 Å². The molecule has 0 aliphatic heterocycles. The van der Waals surface area contributed by atoms with Crippen molar-refractivity contribution in [1.29, 1.82) is 0 Å². The van der Waals surface area contributed by atoms with Crippen molar-refractivity contribution >= 4 is 10.9 Å². The molecule has 3 heteroatoms. The van der Waals surface area contributed by atoms with Crippen LogP contribution in [0.3, 0.4) is 0 Å². The number of aromatic nitrogens is 1. The Bertz CT molecular complexity index is 502. The number of ether oxygens (including phenoxy) is 1. The second-order valence-electron chi connectivity index (χ2n) is 4.23. The molecule has 0 amide bonds. The molecule has 2 rings (SSSR count). The number of fused-ring (bicyclic) bond motifs is 1. The van der Waals surface area contributed by atoms with Gasteiger partial charge in [-0.1, -0.05) is 19.1 Å². The molecule has 0 atom stereocenters. The largest absolute Gasteiger partial charge is 0.495 e. The van der Waals surface area contributed by atoms with E-state index in [2.05, 4.69) is 42.2 Å². The molecule has 17 heavy (non-hydrogen) atoms. The highest BCUT2D eigenvalue weighted by molar-refractivity contribution is 5.89. The Hall–Kier alpha value is -1.48. The fourth-order valence-electron chi connectivity index (χ4n) is 2.28. The second kappa shape index (κ2) is 5.23. The molecule has 3 nitrogen and oxygen atoms in total. The van der Waals surface area contributed by atoms with Crippen molar-refractivity contribution in [2.24, 2.45) is 7.05 Å². The SMILES string of the molecule is CCNCCc1cn(C)c2c(OC)cccc12. The van der Waals surface area contributed by atoms with Gasteiger partial charge in [-0.3, -0.25) is 0 Å². The number of hydrogen-bond donors (Lipinski definition) is 1. The first kappa shape index (κ1) is 12.0. The molecule has 0 unspecified atom stereocenters. The van der Waals surface area contributed by atoms with E-state index in [1.165, 1.54) is 16.5 Å². The number of para-hydroxylation sites is 1. The van der Waals surface area contributed by atoms with Crippen molar-refractivity contribution in [1.82, 2.24) is 9.88 Å². The maximum absolute atomic E-state index is 5.41. The van der Waals surface area contributed by atoms with Gasteiger partial charge >= 0.3 is 0 Å². The third kappa shape index (κ3) is 2.29. The molecule has 0 spiro atoms. The van der Waals surface area contributed by atoms with Crippen LogP contribution >= 0.6 is 0 Å². The molecule has 0 fully saturated rings. The van der Waals surface area contributed by atoms with Crippen molar-refractivity contribution < 1.29 is 4.74 Å². The molecule has 1 aromatic heterocycles. The van der Waals surface area contributed by atoms with Crippen LogP contribution in [-0.4, -0.2) is 24.8 Å². The van der Waals surface area contributed by atoms with Crippen LogP contribution in [-0.2, 0) is 13.5 Å². The quantitative estimate of drug-likeness (QED) is 0.801. The number of hydrogen-bond acceptors (Lipinski definition) is 2. The smallest absolute Gasteiger partial charge is 0.143 e. The Kier molecular flexibility index (Phi) is 3.69. The van der Waals surface area contributed by atoms with E-state index in [4.69, 9.17) is 4.74 Å². The number of aryl methyl sites for hydroxylation is 1. The number of benzene rings is 1. The van der Waals surface area contributed by atoms with Crippen LogP contribution < -0.4 is 10.1 Å². The fraction of sp³-hybridized carbons (Fsp3) is 0.429. The van der Waals surface area contributed by atoms with Gasteiger partial charge in [-0.25, -0.2) is 0 Å². The van der Waals surface area contributed by atoms with E-state index in [0.29, 0.717) is 0 Å². The summed E-state index contributed by atoms with van der Waals surface area (Å²) in [6.07, 6.45) is 3.25. The third-order valence-corrected chi connectivity index (χ3v) is 3.09. The highest BCUT2D eigenvalue weighted by Crippen LogP contribution is 2.29. The first-order chi connectivity index (χ1) is 8.27. The molecular weight excluding hydrogens is 212 g/mol. The van der Waals surface area contributed by atoms with Gasteiger partial charge in [0.1, 0.15) is 5.75 Å². The highest BCUT2D eigenvalue weighted by Gasteiger charge is 2.09. The van der Waals surface area contributed by atoms with E-state index in [-0.39, 0.29) is 0 Å². The lowest BCUT2D eigenvalue weighted by Gasteiger charge is -2.04. The fourth-order valence-corrected chi connectivity index (χ4v) is 2.28. The number of rotatable bonds is 5. The summed E-state index contributed by atoms with van der Waals surface area (Å²) in [7, 11) is 3.79. The summed E-state index contributed by atoms with van der Waals surface area (Å²) in [6, 6.07) is 6.23. The zero-order valence-corrected chi connectivity index (χ0v) is 10.8. The van der Waals surface area contributed by atoms with E-state index in [9.17, 15) is 0 Å². The molecule has 92 valence electrons. The van der Waals surface area contributed by atoms with Gasteiger partial charge in [0.25, 0.3) is 0 Å². The van der Waals surface area contributed by atoms with Crippen LogP contribution in [0.4, 0.5) is 0 Å². The predicted molar refractivity (Wildman–Crippen MR) is 71.7 cm³/mol. The van der Waals surface area contributed by atoms with Gasteiger partial charge in [0, 0.05) is 18.6 Å². The van der Waals surface area contributed by atoms with Gasteiger partial charge in [-0.05, 0) is 31.1 Å². The number of nitrogens with zero attached hydrogens (tertiary/aromatic N) is 1. The third-order valence-electron chi connectivity index (χ3n) is 3.09. The van der Waals surface area contributed by atoms with Crippen LogP contribution in [0.15, 0.2) is 24.4 Å². The van der Waals surface area contributed by atoms with E-state index >= 15 is 0 Å². The van der Waals surface area contributed by atoms with Crippen molar-refractivity contribution in [2.45, 2.75) is 13.3 Å². The predicted octanol–water partition coefficient (Wildman–Crippen LogP) is 2.34. The van der Waals surface area contributed by atoms with Gasteiger partial charge in [0.05, 0.1) is 12.6 Å². The van der Waals surface area contributed by atoms with Crippen molar-refractivity contribution in [2.75, 3.05) is 20.2 Å².